The molecule has 38 heavy (non-hydrogen) atoms. The van der Waals surface area contributed by atoms with Crippen molar-refractivity contribution in [1.29, 1.82) is 0 Å². The highest BCUT2D eigenvalue weighted by Gasteiger charge is 2.24. The Kier molecular flexibility index (Phi) is 9.19. The molecule has 0 bridgehead atoms. The van der Waals surface area contributed by atoms with Crippen molar-refractivity contribution < 1.29 is 13.2 Å². The van der Waals surface area contributed by atoms with Gasteiger partial charge in [-0.2, -0.15) is 4.99 Å². The molecule has 0 saturated carbocycles. The molecule has 0 aromatic heterocycles. The SMILES string of the molecule is CCCCCC1CCc2c(cc(F)c(C#Cc3ccc(C#Cc4ccc(N=C=S)c(F)c4)c(C)c3)c2F)C1. The summed E-state index contributed by atoms with van der Waals surface area (Å²) in [5.41, 5.74) is 4.08. The first-order valence-electron chi connectivity index (χ1n) is 12.9. The third kappa shape index (κ3) is 6.62. The molecule has 1 unspecified atom stereocenters. The van der Waals surface area contributed by atoms with Crippen molar-refractivity contribution in [3.05, 3.63) is 98.9 Å². The highest BCUT2D eigenvalue weighted by molar-refractivity contribution is 7.78. The van der Waals surface area contributed by atoms with Gasteiger partial charge in [0.05, 0.1) is 10.7 Å². The molecule has 0 radical (unpaired) electrons. The van der Waals surface area contributed by atoms with Crippen molar-refractivity contribution >= 4 is 23.1 Å². The Balaban J connectivity index is 1.51. The molecule has 0 heterocycles. The van der Waals surface area contributed by atoms with Gasteiger partial charge in [0.15, 0.2) is 5.82 Å². The summed E-state index contributed by atoms with van der Waals surface area (Å²) in [5.74, 6) is 10.5. The van der Waals surface area contributed by atoms with Gasteiger partial charge < -0.3 is 0 Å². The number of unbranched alkanes of at least 4 members (excludes halogenated alkanes) is 2. The minimum absolute atomic E-state index is 0.114. The molecule has 0 spiro atoms. The maximum atomic E-state index is 15.3. The quantitative estimate of drug-likeness (QED) is 0.140. The monoisotopic (exact) mass is 527 g/mol. The van der Waals surface area contributed by atoms with E-state index in [1.54, 1.807) is 18.2 Å². The normalized spacial score (nSPS) is 13.9. The highest BCUT2D eigenvalue weighted by Crippen LogP contribution is 2.33. The van der Waals surface area contributed by atoms with Crippen molar-refractivity contribution in [2.45, 2.75) is 58.8 Å². The molecule has 0 N–H and O–H groups in total. The number of isothiocyanates is 1. The zero-order valence-corrected chi connectivity index (χ0v) is 22.4. The molecule has 0 fully saturated rings. The van der Waals surface area contributed by atoms with Crippen LogP contribution in [0.2, 0.25) is 0 Å². The predicted octanol–water partition coefficient (Wildman–Crippen LogP) is 8.63. The van der Waals surface area contributed by atoms with E-state index in [9.17, 15) is 8.78 Å². The van der Waals surface area contributed by atoms with Crippen LogP contribution in [-0.4, -0.2) is 5.16 Å². The number of thiocarbonyl (C=S) groups is 1. The largest absolute Gasteiger partial charge is 0.206 e. The Morgan fingerprint density at radius 2 is 1.68 bits per heavy atom. The average Bonchev–Trinajstić information content (AvgIpc) is 2.89. The highest BCUT2D eigenvalue weighted by atomic mass is 32.1. The number of aliphatic imine (C=N–C) groups is 1. The van der Waals surface area contributed by atoms with Crippen LogP contribution in [0.25, 0.3) is 0 Å². The molecular weight excluding hydrogens is 499 g/mol. The summed E-state index contributed by atoms with van der Waals surface area (Å²) in [4.78, 5) is 3.66. The first kappa shape index (κ1) is 27.4. The summed E-state index contributed by atoms with van der Waals surface area (Å²) in [6, 6.07) is 11.3. The second-order valence-electron chi connectivity index (χ2n) is 9.69. The van der Waals surface area contributed by atoms with Crippen LogP contribution in [-0.2, 0) is 12.8 Å². The van der Waals surface area contributed by atoms with Gasteiger partial charge in [-0.15, -0.1) is 0 Å². The summed E-state index contributed by atoms with van der Waals surface area (Å²) in [5, 5.41) is 2.14. The third-order valence-electron chi connectivity index (χ3n) is 6.95. The van der Waals surface area contributed by atoms with Crippen LogP contribution in [0.4, 0.5) is 18.9 Å². The smallest absolute Gasteiger partial charge is 0.150 e. The van der Waals surface area contributed by atoms with Gasteiger partial charge in [0.2, 0.25) is 0 Å². The number of rotatable bonds is 5. The Morgan fingerprint density at radius 1 is 0.921 bits per heavy atom. The summed E-state index contributed by atoms with van der Waals surface area (Å²) in [6.07, 6.45) is 6.96. The number of hydrogen-bond donors (Lipinski definition) is 0. The van der Waals surface area contributed by atoms with Crippen LogP contribution in [0.3, 0.4) is 0 Å². The third-order valence-corrected chi connectivity index (χ3v) is 7.04. The van der Waals surface area contributed by atoms with E-state index in [0.717, 1.165) is 36.0 Å². The van der Waals surface area contributed by atoms with E-state index >= 15 is 4.39 Å². The second kappa shape index (κ2) is 12.7. The lowest BCUT2D eigenvalue weighted by atomic mass is 9.80. The summed E-state index contributed by atoms with van der Waals surface area (Å²) >= 11 is 4.51. The fourth-order valence-corrected chi connectivity index (χ4v) is 4.95. The number of nitrogens with zero attached hydrogens (tertiary/aromatic N) is 1. The topological polar surface area (TPSA) is 12.4 Å². The molecule has 0 amide bonds. The van der Waals surface area contributed by atoms with Crippen LogP contribution in [0.15, 0.2) is 47.5 Å². The molecule has 4 rings (SSSR count). The minimum atomic E-state index is -0.600. The van der Waals surface area contributed by atoms with Crippen molar-refractivity contribution in [1.82, 2.24) is 0 Å². The summed E-state index contributed by atoms with van der Waals surface area (Å²) in [6.45, 7) is 4.06. The fourth-order valence-electron chi connectivity index (χ4n) is 4.85. The molecule has 1 nitrogen and oxygen atoms in total. The summed E-state index contributed by atoms with van der Waals surface area (Å²) < 4.78 is 44.2. The van der Waals surface area contributed by atoms with E-state index in [1.165, 1.54) is 37.5 Å². The average molecular weight is 528 g/mol. The lowest BCUT2D eigenvalue weighted by Gasteiger charge is -2.25. The van der Waals surface area contributed by atoms with E-state index in [-0.39, 0.29) is 11.3 Å². The van der Waals surface area contributed by atoms with Gasteiger partial charge in [0.25, 0.3) is 0 Å². The van der Waals surface area contributed by atoms with E-state index in [0.29, 0.717) is 29.0 Å². The molecule has 5 heteroatoms. The second-order valence-corrected chi connectivity index (χ2v) is 9.87. The van der Waals surface area contributed by atoms with Crippen molar-refractivity contribution in [3.63, 3.8) is 0 Å². The molecule has 192 valence electrons. The van der Waals surface area contributed by atoms with Crippen LogP contribution >= 0.6 is 12.2 Å². The van der Waals surface area contributed by atoms with Crippen molar-refractivity contribution in [2.75, 3.05) is 0 Å². The number of halogens is 3. The Hall–Kier alpha value is -3.63. The Labute approximate surface area is 228 Å². The first-order chi connectivity index (χ1) is 18.4. The van der Waals surface area contributed by atoms with Crippen LogP contribution in [0.5, 0.6) is 0 Å². The predicted molar refractivity (Wildman–Crippen MR) is 150 cm³/mol. The number of hydrogen-bond acceptors (Lipinski definition) is 2. The Morgan fingerprint density at radius 3 is 2.42 bits per heavy atom. The minimum Gasteiger partial charge on any atom is -0.206 e. The van der Waals surface area contributed by atoms with Gasteiger partial charge in [-0.25, -0.2) is 13.2 Å². The van der Waals surface area contributed by atoms with Gasteiger partial charge in [-0.1, -0.05) is 56.3 Å². The molecular formula is C33H28F3NS. The van der Waals surface area contributed by atoms with E-state index in [2.05, 4.69) is 53.0 Å². The molecule has 1 aliphatic rings. The molecule has 0 aliphatic heterocycles. The van der Waals surface area contributed by atoms with Crippen molar-refractivity contribution in [2.24, 2.45) is 10.9 Å². The maximum absolute atomic E-state index is 15.3. The lowest BCUT2D eigenvalue weighted by Crippen LogP contribution is -2.17. The zero-order chi connectivity index (χ0) is 27.1. The van der Waals surface area contributed by atoms with Gasteiger partial charge in [-0.3, -0.25) is 0 Å². The molecule has 3 aromatic rings. The Bertz CT molecular complexity index is 1530. The van der Waals surface area contributed by atoms with Gasteiger partial charge in [-0.05, 0) is 103 Å². The molecule has 1 atom stereocenters. The van der Waals surface area contributed by atoms with Gasteiger partial charge >= 0.3 is 0 Å². The van der Waals surface area contributed by atoms with Crippen LogP contribution < -0.4 is 0 Å². The summed E-state index contributed by atoms with van der Waals surface area (Å²) in [7, 11) is 0. The first-order valence-corrected chi connectivity index (χ1v) is 13.3. The standard InChI is InChI=1S/C33H28F3NS/c1-3-4-5-6-23-9-14-28-27(18-23)20-30(34)29(33(28)36)15-10-24-7-12-26(22(2)17-24)13-8-25-11-16-32(37-21-38)31(35)19-25/h7,11-12,16-17,19-20,23H,3-6,9,14,18H2,1-2H3. The van der Waals surface area contributed by atoms with E-state index in [1.807, 2.05) is 13.0 Å². The van der Waals surface area contributed by atoms with Crippen LogP contribution in [0.1, 0.15) is 78.0 Å². The van der Waals surface area contributed by atoms with Crippen molar-refractivity contribution in [3.8, 4) is 23.7 Å². The van der Waals surface area contributed by atoms with Gasteiger partial charge in [0, 0.05) is 16.7 Å². The molecule has 3 aromatic carbocycles. The van der Waals surface area contributed by atoms with E-state index < -0.39 is 17.5 Å². The lowest BCUT2D eigenvalue weighted by molar-refractivity contribution is 0.399. The molecule has 0 saturated heterocycles. The maximum Gasteiger partial charge on any atom is 0.150 e. The molecule has 1 aliphatic carbocycles. The van der Waals surface area contributed by atoms with E-state index in [4.69, 9.17) is 0 Å². The number of benzene rings is 3. The number of aryl methyl sites for hydroxylation is 1. The fraction of sp³-hybridized carbons (Fsp3) is 0.303. The van der Waals surface area contributed by atoms with Crippen LogP contribution in [0, 0.1) is 54.0 Å². The zero-order valence-electron chi connectivity index (χ0n) is 21.6. The van der Waals surface area contributed by atoms with Gasteiger partial charge in [0.1, 0.15) is 17.3 Å². The number of fused-ring (bicyclic) bond motifs is 1.